The molecule has 0 aliphatic heterocycles. The molecular weight excluding hydrogens is 226 g/mol. The monoisotopic (exact) mass is 257 g/mol. The van der Waals surface area contributed by atoms with Crippen LogP contribution < -0.4 is 5.32 Å². The summed E-state index contributed by atoms with van der Waals surface area (Å²) in [5.41, 5.74) is 0.169. The van der Waals surface area contributed by atoms with Crippen molar-refractivity contribution in [3.05, 3.63) is 0 Å². The lowest BCUT2D eigenvalue weighted by molar-refractivity contribution is 0.0314. The SMILES string of the molecule is CCCCCCOCC(O)CNC(C)(C)C1CC1. The van der Waals surface area contributed by atoms with Crippen molar-refractivity contribution in [3.8, 4) is 0 Å². The van der Waals surface area contributed by atoms with Gasteiger partial charge in [0.15, 0.2) is 0 Å². The first kappa shape index (κ1) is 15.9. The van der Waals surface area contributed by atoms with E-state index in [-0.39, 0.29) is 11.6 Å². The molecule has 1 unspecified atom stereocenters. The molecule has 0 radical (unpaired) electrons. The molecule has 1 aliphatic rings. The lowest BCUT2D eigenvalue weighted by Crippen LogP contribution is -2.46. The molecule has 0 saturated heterocycles. The number of rotatable bonds is 11. The summed E-state index contributed by atoms with van der Waals surface area (Å²) in [6.45, 7) is 8.53. The van der Waals surface area contributed by atoms with Crippen LogP contribution in [0.2, 0.25) is 0 Å². The van der Waals surface area contributed by atoms with Crippen LogP contribution in [-0.2, 0) is 4.74 Å². The summed E-state index contributed by atoms with van der Waals surface area (Å²) < 4.78 is 5.49. The quantitative estimate of drug-likeness (QED) is 0.559. The summed E-state index contributed by atoms with van der Waals surface area (Å²) in [7, 11) is 0. The fourth-order valence-corrected chi connectivity index (χ4v) is 2.24. The fraction of sp³-hybridized carbons (Fsp3) is 1.00. The number of aliphatic hydroxyl groups excluding tert-OH is 1. The van der Waals surface area contributed by atoms with Gasteiger partial charge in [0, 0.05) is 18.7 Å². The van der Waals surface area contributed by atoms with Crippen LogP contribution in [0, 0.1) is 5.92 Å². The predicted octanol–water partition coefficient (Wildman–Crippen LogP) is 2.72. The van der Waals surface area contributed by atoms with Crippen molar-refractivity contribution in [3.63, 3.8) is 0 Å². The number of β-amino-alcohol motifs (C(OH)–C–C–N with tert-alkyl or cyclic N) is 1. The van der Waals surface area contributed by atoms with Crippen molar-refractivity contribution in [1.82, 2.24) is 5.32 Å². The van der Waals surface area contributed by atoms with Crippen molar-refractivity contribution >= 4 is 0 Å². The highest BCUT2D eigenvalue weighted by molar-refractivity contribution is 4.94. The molecule has 108 valence electrons. The van der Waals surface area contributed by atoms with Gasteiger partial charge in [-0.15, -0.1) is 0 Å². The zero-order valence-corrected chi connectivity index (χ0v) is 12.4. The Morgan fingerprint density at radius 1 is 1.28 bits per heavy atom. The summed E-state index contributed by atoms with van der Waals surface area (Å²) >= 11 is 0. The normalized spacial score (nSPS) is 18.0. The van der Waals surface area contributed by atoms with E-state index >= 15 is 0 Å². The average molecular weight is 257 g/mol. The molecule has 1 saturated carbocycles. The van der Waals surface area contributed by atoms with Crippen LogP contribution in [0.15, 0.2) is 0 Å². The molecule has 1 fully saturated rings. The number of hydrogen-bond donors (Lipinski definition) is 2. The maximum atomic E-state index is 9.83. The van der Waals surface area contributed by atoms with Gasteiger partial charge in [0.2, 0.25) is 0 Å². The zero-order chi connectivity index (χ0) is 13.4. The molecule has 3 heteroatoms. The lowest BCUT2D eigenvalue weighted by atomic mass is 9.98. The maximum Gasteiger partial charge on any atom is 0.0897 e. The van der Waals surface area contributed by atoms with Crippen LogP contribution >= 0.6 is 0 Å². The highest BCUT2D eigenvalue weighted by atomic mass is 16.5. The predicted molar refractivity (Wildman–Crippen MR) is 75.8 cm³/mol. The third-order valence-electron chi connectivity index (χ3n) is 3.84. The summed E-state index contributed by atoms with van der Waals surface area (Å²) in [5.74, 6) is 0.791. The van der Waals surface area contributed by atoms with Gasteiger partial charge in [-0.05, 0) is 39.0 Å². The Balaban J connectivity index is 1.95. The standard InChI is InChI=1S/C15H31NO2/c1-4-5-6-7-10-18-12-14(17)11-16-15(2,3)13-8-9-13/h13-14,16-17H,4-12H2,1-3H3. The van der Waals surface area contributed by atoms with Gasteiger partial charge in [0.1, 0.15) is 0 Å². The maximum absolute atomic E-state index is 9.83. The molecule has 0 bridgehead atoms. The van der Waals surface area contributed by atoms with E-state index < -0.39 is 0 Å². The Morgan fingerprint density at radius 2 is 2.00 bits per heavy atom. The van der Waals surface area contributed by atoms with Gasteiger partial charge in [-0.3, -0.25) is 0 Å². The van der Waals surface area contributed by atoms with E-state index in [1.54, 1.807) is 0 Å². The first-order valence-corrected chi connectivity index (χ1v) is 7.57. The molecule has 0 aromatic heterocycles. The molecule has 3 nitrogen and oxygen atoms in total. The van der Waals surface area contributed by atoms with Crippen LogP contribution in [0.25, 0.3) is 0 Å². The van der Waals surface area contributed by atoms with Gasteiger partial charge in [0.05, 0.1) is 12.7 Å². The summed E-state index contributed by atoms with van der Waals surface area (Å²) in [6.07, 6.45) is 7.15. The van der Waals surface area contributed by atoms with Crippen LogP contribution in [0.5, 0.6) is 0 Å². The smallest absolute Gasteiger partial charge is 0.0897 e. The largest absolute Gasteiger partial charge is 0.389 e. The number of nitrogens with one attached hydrogen (secondary N) is 1. The number of ether oxygens (including phenoxy) is 1. The summed E-state index contributed by atoms with van der Waals surface area (Å²) in [6, 6.07) is 0. The van der Waals surface area contributed by atoms with E-state index in [9.17, 15) is 5.11 Å². The molecule has 0 aromatic rings. The molecule has 2 N–H and O–H groups in total. The van der Waals surface area contributed by atoms with E-state index in [4.69, 9.17) is 4.74 Å². The van der Waals surface area contributed by atoms with Crippen molar-refractivity contribution < 1.29 is 9.84 Å². The van der Waals surface area contributed by atoms with Gasteiger partial charge in [-0.2, -0.15) is 0 Å². The fourth-order valence-electron chi connectivity index (χ4n) is 2.24. The summed E-state index contributed by atoms with van der Waals surface area (Å²) in [5, 5.41) is 13.3. The number of aliphatic hydroxyl groups is 1. The molecule has 1 atom stereocenters. The van der Waals surface area contributed by atoms with E-state index in [0.29, 0.717) is 13.2 Å². The third kappa shape index (κ3) is 6.72. The highest BCUT2D eigenvalue weighted by Crippen LogP contribution is 2.39. The molecule has 18 heavy (non-hydrogen) atoms. The van der Waals surface area contributed by atoms with E-state index in [0.717, 1.165) is 18.9 Å². The van der Waals surface area contributed by atoms with E-state index in [1.807, 2.05) is 0 Å². The topological polar surface area (TPSA) is 41.5 Å². The number of hydrogen-bond acceptors (Lipinski definition) is 3. The average Bonchev–Trinajstić information content (AvgIpc) is 3.15. The summed E-state index contributed by atoms with van der Waals surface area (Å²) in [4.78, 5) is 0. The van der Waals surface area contributed by atoms with E-state index in [1.165, 1.54) is 32.1 Å². The van der Waals surface area contributed by atoms with Crippen LogP contribution in [-0.4, -0.2) is 36.5 Å². The molecule has 1 aliphatic carbocycles. The minimum atomic E-state index is -0.380. The van der Waals surface area contributed by atoms with Crippen LogP contribution in [0.3, 0.4) is 0 Å². The van der Waals surface area contributed by atoms with Gasteiger partial charge >= 0.3 is 0 Å². The highest BCUT2D eigenvalue weighted by Gasteiger charge is 2.37. The van der Waals surface area contributed by atoms with Gasteiger partial charge in [-0.1, -0.05) is 26.2 Å². The second-order valence-corrected chi connectivity index (χ2v) is 6.17. The Hall–Kier alpha value is -0.120. The molecule has 1 rings (SSSR count). The first-order chi connectivity index (χ1) is 8.56. The lowest BCUT2D eigenvalue weighted by Gasteiger charge is -2.27. The van der Waals surface area contributed by atoms with E-state index in [2.05, 4.69) is 26.1 Å². The Kier molecular flexibility index (Phi) is 7.20. The zero-order valence-electron chi connectivity index (χ0n) is 12.4. The van der Waals surface area contributed by atoms with Crippen molar-refractivity contribution in [2.45, 2.75) is 70.9 Å². The molecule has 0 heterocycles. The van der Waals surface area contributed by atoms with Crippen molar-refractivity contribution in [2.24, 2.45) is 5.92 Å². The van der Waals surface area contributed by atoms with Crippen molar-refractivity contribution in [2.75, 3.05) is 19.8 Å². The van der Waals surface area contributed by atoms with Gasteiger partial charge in [-0.25, -0.2) is 0 Å². The molecular formula is C15H31NO2. The van der Waals surface area contributed by atoms with Crippen LogP contribution in [0.4, 0.5) is 0 Å². The molecule has 0 amide bonds. The minimum absolute atomic E-state index is 0.169. The van der Waals surface area contributed by atoms with Crippen LogP contribution in [0.1, 0.15) is 59.3 Å². The first-order valence-electron chi connectivity index (χ1n) is 7.57. The molecule has 0 spiro atoms. The third-order valence-corrected chi connectivity index (χ3v) is 3.84. The van der Waals surface area contributed by atoms with Gasteiger partial charge in [0.25, 0.3) is 0 Å². The molecule has 0 aromatic carbocycles. The Bertz CT molecular complexity index is 215. The minimum Gasteiger partial charge on any atom is -0.389 e. The van der Waals surface area contributed by atoms with Crippen molar-refractivity contribution in [1.29, 1.82) is 0 Å². The second-order valence-electron chi connectivity index (χ2n) is 6.17. The number of unbranched alkanes of at least 4 members (excludes halogenated alkanes) is 3. The second kappa shape index (κ2) is 8.13. The Morgan fingerprint density at radius 3 is 2.61 bits per heavy atom. The van der Waals surface area contributed by atoms with Gasteiger partial charge < -0.3 is 15.2 Å². The Labute approximate surface area is 112 Å².